The molecule has 2 aromatic rings. The largest absolute Gasteiger partial charge is 0.481 e. The predicted octanol–water partition coefficient (Wildman–Crippen LogP) is 4.02. The minimum Gasteiger partial charge on any atom is -0.481 e. The van der Waals surface area contributed by atoms with Gasteiger partial charge >= 0.3 is 12.1 Å². The molecule has 0 aromatic heterocycles. The van der Waals surface area contributed by atoms with Crippen LogP contribution in [-0.2, 0) is 14.3 Å². The average molecular weight is 463 g/mol. The number of likely N-dealkylation sites (tertiary alicyclic amines) is 1. The van der Waals surface area contributed by atoms with E-state index in [-0.39, 0.29) is 36.9 Å². The second-order valence-electron chi connectivity index (χ2n) is 9.64. The van der Waals surface area contributed by atoms with Crippen molar-refractivity contribution in [1.29, 1.82) is 0 Å². The number of rotatable bonds is 5. The number of fused-ring (bicyclic) bond motifs is 3. The highest BCUT2D eigenvalue weighted by Gasteiger charge is 2.36. The van der Waals surface area contributed by atoms with E-state index in [0.717, 1.165) is 12.8 Å². The Bertz CT molecular complexity index is 1050. The lowest BCUT2D eigenvalue weighted by atomic mass is 9.96. The molecule has 1 aliphatic heterocycles. The van der Waals surface area contributed by atoms with Crippen molar-refractivity contribution in [2.24, 2.45) is 11.8 Å². The predicted molar refractivity (Wildman–Crippen MR) is 126 cm³/mol. The maximum atomic E-state index is 12.9. The first-order valence-electron chi connectivity index (χ1n) is 12.1. The Morgan fingerprint density at radius 2 is 1.62 bits per heavy atom. The molecule has 7 nitrogen and oxygen atoms in total. The van der Waals surface area contributed by atoms with Gasteiger partial charge < -0.3 is 20.1 Å². The fraction of sp³-hybridized carbons (Fsp3) is 0.444. The van der Waals surface area contributed by atoms with E-state index in [1.165, 1.54) is 22.3 Å². The first-order valence-corrected chi connectivity index (χ1v) is 12.1. The molecule has 3 atom stereocenters. The zero-order chi connectivity index (χ0) is 23.7. The van der Waals surface area contributed by atoms with Crippen LogP contribution in [-0.4, -0.2) is 53.7 Å². The number of nitrogens with zero attached hydrogens (tertiary/aromatic N) is 1. The number of nitrogens with one attached hydrogen (secondary N) is 1. The fourth-order valence-corrected chi connectivity index (χ4v) is 5.78. The van der Waals surface area contributed by atoms with Crippen molar-refractivity contribution in [2.45, 2.75) is 44.1 Å². The molecule has 3 unspecified atom stereocenters. The van der Waals surface area contributed by atoms with E-state index in [9.17, 15) is 19.5 Å². The van der Waals surface area contributed by atoms with Gasteiger partial charge in [0.15, 0.2) is 0 Å². The molecule has 2 aromatic carbocycles. The van der Waals surface area contributed by atoms with E-state index < -0.39 is 18.0 Å². The summed E-state index contributed by atoms with van der Waals surface area (Å²) in [4.78, 5) is 38.5. The van der Waals surface area contributed by atoms with E-state index >= 15 is 0 Å². The zero-order valence-corrected chi connectivity index (χ0v) is 19.1. The molecule has 0 spiro atoms. The molecule has 2 fully saturated rings. The van der Waals surface area contributed by atoms with Crippen molar-refractivity contribution >= 4 is 18.0 Å². The molecule has 1 heterocycles. The summed E-state index contributed by atoms with van der Waals surface area (Å²) < 4.78 is 5.64. The fourth-order valence-electron chi connectivity index (χ4n) is 5.78. The number of piperidine rings is 1. The number of benzene rings is 2. The number of amides is 2. The van der Waals surface area contributed by atoms with Crippen molar-refractivity contribution < 1.29 is 24.2 Å². The van der Waals surface area contributed by atoms with Crippen LogP contribution in [0.5, 0.6) is 0 Å². The van der Waals surface area contributed by atoms with Gasteiger partial charge in [0.05, 0.1) is 5.92 Å². The zero-order valence-electron chi connectivity index (χ0n) is 19.1. The third kappa shape index (κ3) is 4.39. The number of carbonyl (C=O) groups excluding carboxylic acids is 2. The number of hydrogen-bond donors (Lipinski definition) is 2. The Hall–Kier alpha value is -3.35. The third-order valence-corrected chi connectivity index (χ3v) is 7.53. The second kappa shape index (κ2) is 9.49. The van der Waals surface area contributed by atoms with Crippen LogP contribution in [0.4, 0.5) is 4.79 Å². The Balaban J connectivity index is 1.14. The van der Waals surface area contributed by atoms with Gasteiger partial charge in [0.25, 0.3) is 0 Å². The minimum absolute atomic E-state index is 0.0114. The van der Waals surface area contributed by atoms with Gasteiger partial charge in [-0.15, -0.1) is 0 Å². The van der Waals surface area contributed by atoms with Crippen LogP contribution in [0.3, 0.4) is 0 Å². The first-order chi connectivity index (χ1) is 16.5. The van der Waals surface area contributed by atoms with Gasteiger partial charge in [-0.1, -0.05) is 48.5 Å². The highest BCUT2D eigenvalue weighted by atomic mass is 16.5. The van der Waals surface area contributed by atoms with Crippen LogP contribution in [0.2, 0.25) is 0 Å². The van der Waals surface area contributed by atoms with Crippen molar-refractivity contribution in [3.05, 3.63) is 59.7 Å². The SMILES string of the molecule is O=C(NC1CCC(C(=O)N2CCCC(C(=O)O)C2)C1)OCC1c2ccccc2-c2ccccc21. The minimum atomic E-state index is -0.835. The number of carboxylic acid groups (broad SMARTS) is 1. The molecule has 34 heavy (non-hydrogen) atoms. The van der Waals surface area contributed by atoms with Gasteiger partial charge in [-0.25, -0.2) is 4.79 Å². The van der Waals surface area contributed by atoms with Crippen LogP contribution < -0.4 is 5.32 Å². The summed E-state index contributed by atoms with van der Waals surface area (Å²) in [5, 5.41) is 12.2. The monoisotopic (exact) mass is 462 g/mol. The summed E-state index contributed by atoms with van der Waals surface area (Å²) in [6.45, 7) is 1.16. The molecule has 3 aliphatic rings. The first kappa shape index (κ1) is 22.4. The number of hydrogen-bond acceptors (Lipinski definition) is 4. The highest BCUT2D eigenvalue weighted by molar-refractivity contribution is 5.81. The summed E-state index contributed by atoms with van der Waals surface area (Å²) in [7, 11) is 0. The molecule has 2 aliphatic carbocycles. The maximum Gasteiger partial charge on any atom is 0.407 e. The molecule has 0 radical (unpaired) electrons. The van der Waals surface area contributed by atoms with Crippen LogP contribution in [0, 0.1) is 11.8 Å². The lowest BCUT2D eigenvalue weighted by molar-refractivity contribution is -0.146. The highest BCUT2D eigenvalue weighted by Crippen LogP contribution is 2.44. The number of alkyl carbamates (subject to hydrolysis) is 1. The van der Waals surface area contributed by atoms with Crippen molar-refractivity contribution in [1.82, 2.24) is 10.2 Å². The Labute approximate surface area is 199 Å². The smallest absolute Gasteiger partial charge is 0.407 e. The lowest BCUT2D eigenvalue weighted by Crippen LogP contribution is -2.45. The molecule has 0 bridgehead atoms. The van der Waals surface area contributed by atoms with Gasteiger partial charge in [0.1, 0.15) is 6.61 Å². The van der Waals surface area contributed by atoms with Crippen molar-refractivity contribution in [3.8, 4) is 11.1 Å². The van der Waals surface area contributed by atoms with Gasteiger partial charge in [-0.05, 0) is 54.4 Å². The summed E-state index contributed by atoms with van der Waals surface area (Å²) in [6, 6.07) is 16.3. The number of aliphatic carboxylic acids is 1. The Morgan fingerprint density at radius 3 is 2.29 bits per heavy atom. The molecular formula is C27H30N2O5. The molecule has 1 saturated carbocycles. The summed E-state index contributed by atoms with van der Waals surface area (Å²) in [5.41, 5.74) is 4.72. The summed E-state index contributed by atoms with van der Waals surface area (Å²) in [5.74, 6) is -1.46. The van der Waals surface area contributed by atoms with Gasteiger partial charge in [-0.3, -0.25) is 9.59 Å². The maximum absolute atomic E-state index is 12.9. The van der Waals surface area contributed by atoms with Crippen molar-refractivity contribution in [2.75, 3.05) is 19.7 Å². The second-order valence-corrected chi connectivity index (χ2v) is 9.64. The van der Waals surface area contributed by atoms with Gasteiger partial charge in [0, 0.05) is 31.0 Å². The summed E-state index contributed by atoms with van der Waals surface area (Å²) in [6.07, 6.45) is 2.87. The number of carbonyl (C=O) groups is 3. The topological polar surface area (TPSA) is 95.9 Å². The number of ether oxygens (including phenoxy) is 1. The van der Waals surface area contributed by atoms with Crippen LogP contribution in [0.15, 0.2) is 48.5 Å². The van der Waals surface area contributed by atoms with Crippen LogP contribution in [0.25, 0.3) is 11.1 Å². The van der Waals surface area contributed by atoms with Crippen LogP contribution >= 0.6 is 0 Å². The molecule has 2 N–H and O–H groups in total. The van der Waals surface area contributed by atoms with E-state index in [0.29, 0.717) is 25.8 Å². The van der Waals surface area contributed by atoms with E-state index in [1.54, 1.807) is 4.90 Å². The van der Waals surface area contributed by atoms with Gasteiger partial charge in [-0.2, -0.15) is 0 Å². The third-order valence-electron chi connectivity index (χ3n) is 7.53. The molecule has 178 valence electrons. The standard InChI is InChI=1S/C27H30N2O5/c30-25(29-13-5-6-18(15-29)26(31)32)17-11-12-19(14-17)28-27(33)34-16-24-22-9-3-1-7-20(22)21-8-2-4-10-23(21)24/h1-4,7-10,17-19,24H,5-6,11-16H2,(H,28,33)(H,31,32). The van der Waals surface area contributed by atoms with E-state index in [1.807, 2.05) is 24.3 Å². The van der Waals surface area contributed by atoms with E-state index in [4.69, 9.17) is 4.74 Å². The average Bonchev–Trinajstić information content (AvgIpc) is 3.45. The summed E-state index contributed by atoms with van der Waals surface area (Å²) >= 11 is 0. The number of carboxylic acids is 1. The Morgan fingerprint density at radius 1 is 0.941 bits per heavy atom. The molecular weight excluding hydrogens is 432 g/mol. The molecule has 1 saturated heterocycles. The normalized spacial score (nSPS) is 23.8. The van der Waals surface area contributed by atoms with Gasteiger partial charge in [0.2, 0.25) is 5.91 Å². The van der Waals surface area contributed by atoms with E-state index in [2.05, 4.69) is 29.6 Å². The molecule has 2 amide bonds. The van der Waals surface area contributed by atoms with Crippen molar-refractivity contribution in [3.63, 3.8) is 0 Å². The molecule has 7 heteroatoms. The Kier molecular flexibility index (Phi) is 6.26. The quantitative estimate of drug-likeness (QED) is 0.700. The molecule has 5 rings (SSSR count). The van der Waals surface area contributed by atoms with Crippen LogP contribution in [0.1, 0.15) is 49.1 Å². The lowest BCUT2D eigenvalue weighted by Gasteiger charge is -2.32.